The van der Waals surface area contributed by atoms with Gasteiger partial charge in [-0.15, -0.1) is 0 Å². The number of benzene rings is 1. The molecule has 1 aliphatic heterocycles. The van der Waals surface area contributed by atoms with Crippen molar-refractivity contribution in [1.29, 1.82) is 5.26 Å². The van der Waals surface area contributed by atoms with Crippen LogP contribution < -0.4 is 4.90 Å². The number of halogens is 2. The number of rotatable bonds is 2. The first-order chi connectivity index (χ1) is 11.7. The molecule has 1 fully saturated rings. The van der Waals surface area contributed by atoms with Crippen molar-refractivity contribution in [3.63, 3.8) is 0 Å². The van der Waals surface area contributed by atoms with Crippen molar-refractivity contribution in [3.05, 3.63) is 42.1 Å². The quantitative estimate of drug-likeness (QED) is 0.786. The molecule has 120 valence electrons. The van der Waals surface area contributed by atoms with Crippen LogP contribution in [-0.2, 0) is 0 Å². The van der Waals surface area contributed by atoms with E-state index in [2.05, 4.69) is 15.0 Å². The largest absolute Gasteiger partial charge is 0.353 e. The fourth-order valence-electron chi connectivity index (χ4n) is 3.13. The maximum absolute atomic E-state index is 14.6. The minimum absolute atomic E-state index is 0.0229. The number of nitriles is 1. The molecule has 3 heterocycles. The molecule has 7 heteroatoms. The highest BCUT2D eigenvalue weighted by molar-refractivity contribution is 6.01. The highest BCUT2D eigenvalue weighted by Crippen LogP contribution is 2.36. The van der Waals surface area contributed by atoms with Crippen molar-refractivity contribution in [1.82, 2.24) is 15.0 Å². The van der Waals surface area contributed by atoms with Crippen molar-refractivity contribution in [2.75, 3.05) is 18.0 Å². The first-order valence-electron chi connectivity index (χ1n) is 7.59. The molecule has 1 unspecified atom stereocenters. The summed E-state index contributed by atoms with van der Waals surface area (Å²) in [5.74, 6) is -0.00125. The Morgan fingerprint density at radius 1 is 1.29 bits per heavy atom. The lowest BCUT2D eigenvalue weighted by molar-refractivity contribution is 0.364. The molecule has 0 spiro atoms. The average Bonchev–Trinajstić information content (AvgIpc) is 3.21. The molecular weight excluding hydrogens is 312 g/mol. The van der Waals surface area contributed by atoms with E-state index in [1.807, 2.05) is 11.0 Å². The van der Waals surface area contributed by atoms with Crippen LogP contribution in [0, 0.1) is 17.1 Å². The van der Waals surface area contributed by atoms with Crippen molar-refractivity contribution < 1.29 is 8.78 Å². The van der Waals surface area contributed by atoms with Gasteiger partial charge in [0.2, 0.25) is 0 Å². The maximum Gasteiger partial charge on any atom is 0.148 e. The Morgan fingerprint density at radius 3 is 2.92 bits per heavy atom. The molecule has 0 aliphatic carbocycles. The zero-order valence-electron chi connectivity index (χ0n) is 12.6. The lowest BCUT2D eigenvalue weighted by atomic mass is 10.0. The second-order valence-electron chi connectivity index (χ2n) is 5.73. The minimum Gasteiger partial charge on any atom is -0.353 e. The summed E-state index contributed by atoms with van der Waals surface area (Å²) in [5, 5.41) is 9.68. The topological polar surface area (TPSA) is 68.6 Å². The SMILES string of the molecule is N#Cc1cccc(-c2c[nH]c3ncnc(N4CCC(F)C4)c23)c1F. The van der Waals surface area contributed by atoms with Crippen molar-refractivity contribution in [2.24, 2.45) is 0 Å². The van der Waals surface area contributed by atoms with Gasteiger partial charge >= 0.3 is 0 Å². The number of H-pyrrole nitrogens is 1. The van der Waals surface area contributed by atoms with Crippen molar-refractivity contribution >= 4 is 16.9 Å². The number of aromatic nitrogens is 3. The minimum atomic E-state index is -0.893. The van der Waals surface area contributed by atoms with Gasteiger partial charge in [-0.2, -0.15) is 5.26 Å². The van der Waals surface area contributed by atoms with Crippen LogP contribution in [0.25, 0.3) is 22.2 Å². The summed E-state index contributed by atoms with van der Waals surface area (Å²) in [6.07, 6.45) is 2.61. The second kappa shape index (κ2) is 5.57. The molecule has 1 aromatic carbocycles. The van der Waals surface area contributed by atoms with E-state index < -0.39 is 12.0 Å². The highest BCUT2D eigenvalue weighted by Gasteiger charge is 2.26. The number of nitrogens with one attached hydrogen (secondary N) is 1. The molecule has 3 aromatic rings. The van der Waals surface area contributed by atoms with Gasteiger partial charge in [0, 0.05) is 23.9 Å². The average molecular weight is 325 g/mol. The van der Waals surface area contributed by atoms with Crippen LogP contribution in [0.1, 0.15) is 12.0 Å². The number of hydrogen-bond acceptors (Lipinski definition) is 4. The van der Waals surface area contributed by atoms with Crippen LogP contribution in [0.4, 0.5) is 14.6 Å². The van der Waals surface area contributed by atoms with Gasteiger partial charge in [-0.05, 0) is 12.5 Å². The maximum atomic E-state index is 14.6. The number of fused-ring (bicyclic) bond motifs is 1. The number of nitrogens with zero attached hydrogens (tertiary/aromatic N) is 4. The Bertz CT molecular complexity index is 959. The molecule has 0 radical (unpaired) electrons. The van der Waals surface area contributed by atoms with Gasteiger partial charge < -0.3 is 9.88 Å². The van der Waals surface area contributed by atoms with Gasteiger partial charge in [-0.1, -0.05) is 12.1 Å². The third-order valence-electron chi connectivity index (χ3n) is 4.29. The van der Waals surface area contributed by atoms with E-state index >= 15 is 0 Å². The van der Waals surface area contributed by atoms with Crippen LogP contribution in [0.3, 0.4) is 0 Å². The van der Waals surface area contributed by atoms with Gasteiger partial charge in [0.15, 0.2) is 0 Å². The Kier molecular flexibility index (Phi) is 3.38. The van der Waals surface area contributed by atoms with Gasteiger partial charge in [0.25, 0.3) is 0 Å². The molecule has 0 amide bonds. The summed E-state index contributed by atoms with van der Waals surface area (Å²) < 4.78 is 28.2. The molecule has 4 rings (SSSR count). The smallest absolute Gasteiger partial charge is 0.148 e. The number of alkyl halides is 1. The molecule has 24 heavy (non-hydrogen) atoms. The van der Waals surface area contributed by atoms with Crippen LogP contribution >= 0.6 is 0 Å². The number of aromatic amines is 1. The zero-order valence-corrected chi connectivity index (χ0v) is 12.6. The van der Waals surface area contributed by atoms with E-state index in [0.29, 0.717) is 40.9 Å². The Hall–Kier alpha value is -3.01. The standard InChI is InChI=1S/C17H13F2N5/c18-11-4-5-24(8-11)17-14-13(7-21-16(14)22-9-23-17)12-3-1-2-10(6-20)15(12)19/h1-3,7,9,11H,4-5,8H2,(H,21,22,23). The molecule has 1 aliphatic rings. The predicted molar refractivity (Wildman–Crippen MR) is 85.7 cm³/mol. The summed E-state index contributed by atoms with van der Waals surface area (Å²) >= 11 is 0. The summed E-state index contributed by atoms with van der Waals surface area (Å²) in [5.41, 5.74) is 1.40. The van der Waals surface area contributed by atoms with Crippen molar-refractivity contribution in [3.8, 4) is 17.2 Å². The molecule has 5 nitrogen and oxygen atoms in total. The summed E-state index contributed by atoms with van der Waals surface area (Å²) in [6.45, 7) is 0.816. The molecule has 1 atom stereocenters. The van der Waals surface area contributed by atoms with E-state index in [4.69, 9.17) is 5.26 Å². The van der Waals surface area contributed by atoms with Crippen LogP contribution in [-0.4, -0.2) is 34.2 Å². The Morgan fingerprint density at radius 2 is 2.17 bits per heavy atom. The van der Waals surface area contributed by atoms with E-state index in [1.165, 1.54) is 12.4 Å². The molecule has 0 bridgehead atoms. The Labute approximate surface area is 136 Å². The predicted octanol–water partition coefficient (Wildman–Crippen LogP) is 3.18. The first kappa shape index (κ1) is 14.6. The number of hydrogen-bond donors (Lipinski definition) is 1. The molecule has 1 N–H and O–H groups in total. The summed E-state index contributed by atoms with van der Waals surface area (Å²) in [4.78, 5) is 13.3. The highest BCUT2D eigenvalue weighted by atomic mass is 19.1. The van der Waals surface area contributed by atoms with E-state index in [0.717, 1.165) is 0 Å². The summed E-state index contributed by atoms with van der Waals surface area (Å²) in [6, 6.07) is 6.51. The lowest BCUT2D eigenvalue weighted by Crippen LogP contribution is -2.21. The molecule has 0 saturated carbocycles. The number of anilines is 1. The normalized spacial score (nSPS) is 17.4. The van der Waals surface area contributed by atoms with E-state index in [-0.39, 0.29) is 12.1 Å². The van der Waals surface area contributed by atoms with Gasteiger partial charge in [-0.25, -0.2) is 18.7 Å². The van der Waals surface area contributed by atoms with E-state index in [9.17, 15) is 8.78 Å². The van der Waals surface area contributed by atoms with Crippen LogP contribution in [0.15, 0.2) is 30.7 Å². The first-order valence-corrected chi connectivity index (χ1v) is 7.59. The Balaban J connectivity index is 1.93. The van der Waals surface area contributed by atoms with E-state index in [1.54, 1.807) is 18.3 Å². The fraction of sp³-hybridized carbons (Fsp3) is 0.235. The molecule has 2 aromatic heterocycles. The second-order valence-corrected chi connectivity index (χ2v) is 5.73. The third-order valence-corrected chi connectivity index (χ3v) is 4.29. The zero-order chi connectivity index (χ0) is 16.7. The van der Waals surface area contributed by atoms with Crippen molar-refractivity contribution in [2.45, 2.75) is 12.6 Å². The van der Waals surface area contributed by atoms with Crippen LogP contribution in [0.2, 0.25) is 0 Å². The monoisotopic (exact) mass is 325 g/mol. The van der Waals surface area contributed by atoms with Gasteiger partial charge in [0.05, 0.1) is 17.5 Å². The summed E-state index contributed by atoms with van der Waals surface area (Å²) in [7, 11) is 0. The fourth-order valence-corrected chi connectivity index (χ4v) is 3.13. The van der Waals surface area contributed by atoms with Gasteiger partial charge in [0.1, 0.15) is 35.9 Å². The molecule has 1 saturated heterocycles. The van der Waals surface area contributed by atoms with Gasteiger partial charge in [-0.3, -0.25) is 0 Å². The molecular formula is C17H13F2N5. The van der Waals surface area contributed by atoms with Crippen LogP contribution in [0.5, 0.6) is 0 Å². The third kappa shape index (κ3) is 2.19. The lowest BCUT2D eigenvalue weighted by Gasteiger charge is -2.17.